The summed E-state index contributed by atoms with van der Waals surface area (Å²) < 4.78 is 11.5. The highest BCUT2D eigenvalue weighted by molar-refractivity contribution is 14.1. The van der Waals surface area contributed by atoms with Crippen LogP contribution in [0.5, 0.6) is 0 Å². The minimum Gasteiger partial charge on any atom is -0.350 e. The van der Waals surface area contributed by atoms with Crippen molar-refractivity contribution in [2.45, 2.75) is 12.7 Å². The van der Waals surface area contributed by atoms with E-state index in [-0.39, 0.29) is 12.1 Å². The molecular formula is C11H11IO3. The minimum atomic E-state index is -0.352. The first-order chi connectivity index (χ1) is 7.25. The SMILES string of the molecule is O=C(CC1OCCO1)c1cccc(I)c1. The van der Waals surface area contributed by atoms with E-state index < -0.39 is 0 Å². The van der Waals surface area contributed by atoms with Crippen LogP contribution in [0.25, 0.3) is 0 Å². The lowest BCUT2D eigenvalue weighted by molar-refractivity contribution is -0.0407. The molecule has 0 saturated carbocycles. The number of benzene rings is 1. The molecule has 0 N–H and O–H groups in total. The fourth-order valence-electron chi connectivity index (χ4n) is 1.46. The monoisotopic (exact) mass is 318 g/mol. The second kappa shape index (κ2) is 5.05. The molecule has 0 spiro atoms. The Labute approximate surface area is 102 Å². The van der Waals surface area contributed by atoms with Crippen LogP contribution in [0.3, 0.4) is 0 Å². The van der Waals surface area contributed by atoms with E-state index in [0.29, 0.717) is 19.6 Å². The molecule has 0 bridgehead atoms. The lowest BCUT2D eigenvalue weighted by atomic mass is 10.1. The van der Waals surface area contributed by atoms with Gasteiger partial charge in [0.1, 0.15) is 0 Å². The molecule has 2 rings (SSSR count). The molecule has 0 aromatic heterocycles. The maximum Gasteiger partial charge on any atom is 0.167 e. The summed E-state index contributed by atoms with van der Waals surface area (Å²) >= 11 is 2.19. The van der Waals surface area contributed by atoms with Gasteiger partial charge in [0.15, 0.2) is 12.1 Å². The van der Waals surface area contributed by atoms with Gasteiger partial charge in [0.2, 0.25) is 0 Å². The summed E-state index contributed by atoms with van der Waals surface area (Å²) in [6.45, 7) is 1.18. The van der Waals surface area contributed by atoms with Crippen LogP contribution in [-0.4, -0.2) is 25.3 Å². The van der Waals surface area contributed by atoms with Crippen LogP contribution in [-0.2, 0) is 9.47 Å². The maximum absolute atomic E-state index is 11.8. The summed E-state index contributed by atoms with van der Waals surface area (Å²) in [4.78, 5) is 11.8. The minimum absolute atomic E-state index is 0.0698. The number of hydrogen-bond donors (Lipinski definition) is 0. The fourth-order valence-corrected chi connectivity index (χ4v) is 2.00. The van der Waals surface area contributed by atoms with Crippen molar-refractivity contribution in [1.29, 1.82) is 0 Å². The Hall–Kier alpha value is -0.460. The molecule has 0 atom stereocenters. The van der Waals surface area contributed by atoms with Crippen molar-refractivity contribution in [3.05, 3.63) is 33.4 Å². The van der Waals surface area contributed by atoms with Crippen molar-refractivity contribution in [2.24, 2.45) is 0 Å². The zero-order chi connectivity index (χ0) is 10.7. The molecule has 0 amide bonds. The first-order valence-electron chi connectivity index (χ1n) is 4.78. The third-order valence-corrected chi connectivity index (χ3v) is 2.86. The average Bonchev–Trinajstić information content (AvgIpc) is 2.70. The molecule has 1 aliphatic rings. The van der Waals surface area contributed by atoms with Crippen molar-refractivity contribution in [3.8, 4) is 0 Å². The van der Waals surface area contributed by atoms with Crippen LogP contribution in [0, 0.1) is 3.57 Å². The normalized spacial score (nSPS) is 16.9. The zero-order valence-electron chi connectivity index (χ0n) is 8.11. The van der Waals surface area contributed by atoms with Gasteiger partial charge in [-0.2, -0.15) is 0 Å². The Bertz CT molecular complexity index is 359. The van der Waals surface area contributed by atoms with Gasteiger partial charge in [-0.25, -0.2) is 0 Å². The van der Waals surface area contributed by atoms with Gasteiger partial charge < -0.3 is 9.47 Å². The van der Waals surface area contributed by atoms with Gasteiger partial charge in [0.25, 0.3) is 0 Å². The average molecular weight is 318 g/mol. The van der Waals surface area contributed by atoms with Gasteiger partial charge in [0.05, 0.1) is 19.6 Å². The summed E-state index contributed by atoms with van der Waals surface area (Å²) in [5, 5.41) is 0. The summed E-state index contributed by atoms with van der Waals surface area (Å²) in [5.74, 6) is 0.0698. The van der Waals surface area contributed by atoms with Crippen LogP contribution in [0.2, 0.25) is 0 Å². The molecule has 1 saturated heterocycles. The highest BCUT2D eigenvalue weighted by Gasteiger charge is 2.20. The van der Waals surface area contributed by atoms with Crippen molar-refractivity contribution in [3.63, 3.8) is 0 Å². The first-order valence-corrected chi connectivity index (χ1v) is 5.85. The van der Waals surface area contributed by atoms with Gasteiger partial charge in [-0.05, 0) is 34.7 Å². The quantitative estimate of drug-likeness (QED) is 0.633. The lowest BCUT2D eigenvalue weighted by Crippen LogP contribution is -2.14. The highest BCUT2D eigenvalue weighted by atomic mass is 127. The Kier molecular flexibility index (Phi) is 3.71. The van der Waals surface area contributed by atoms with Crippen LogP contribution in [0.1, 0.15) is 16.8 Å². The van der Waals surface area contributed by atoms with E-state index in [9.17, 15) is 4.79 Å². The van der Waals surface area contributed by atoms with Gasteiger partial charge in [-0.3, -0.25) is 4.79 Å². The Morgan fingerprint density at radius 2 is 2.13 bits per heavy atom. The number of hydrogen-bond acceptors (Lipinski definition) is 3. The molecule has 1 aromatic carbocycles. The van der Waals surface area contributed by atoms with E-state index in [0.717, 1.165) is 9.13 Å². The second-order valence-electron chi connectivity index (χ2n) is 3.31. The molecule has 4 heteroatoms. The summed E-state index contributed by atoms with van der Waals surface area (Å²) in [5.41, 5.74) is 0.723. The van der Waals surface area contributed by atoms with Crippen molar-refractivity contribution in [1.82, 2.24) is 0 Å². The smallest absolute Gasteiger partial charge is 0.167 e. The molecule has 1 fully saturated rings. The molecule has 80 valence electrons. The van der Waals surface area contributed by atoms with Gasteiger partial charge >= 0.3 is 0 Å². The Morgan fingerprint density at radius 1 is 1.40 bits per heavy atom. The van der Waals surface area contributed by atoms with E-state index >= 15 is 0 Å². The predicted octanol–water partition coefficient (Wildman–Crippen LogP) is 2.24. The van der Waals surface area contributed by atoms with Crippen molar-refractivity contribution in [2.75, 3.05) is 13.2 Å². The second-order valence-corrected chi connectivity index (χ2v) is 4.55. The van der Waals surface area contributed by atoms with Crippen molar-refractivity contribution < 1.29 is 14.3 Å². The molecule has 0 unspecified atom stereocenters. The van der Waals surface area contributed by atoms with E-state index in [4.69, 9.17) is 9.47 Å². The first kappa shape index (κ1) is 11.0. The number of rotatable bonds is 3. The van der Waals surface area contributed by atoms with Gasteiger partial charge in [0, 0.05) is 9.13 Å². The number of ether oxygens (including phenoxy) is 2. The predicted molar refractivity (Wildman–Crippen MR) is 63.8 cm³/mol. The van der Waals surface area contributed by atoms with Gasteiger partial charge in [-0.1, -0.05) is 12.1 Å². The molecule has 0 radical (unpaired) electrons. The summed E-state index contributed by atoms with van der Waals surface area (Å²) in [7, 11) is 0. The maximum atomic E-state index is 11.8. The Balaban J connectivity index is 2.01. The molecule has 1 aromatic rings. The lowest BCUT2D eigenvalue weighted by Gasteiger charge is -2.07. The summed E-state index contributed by atoms with van der Waals surface area (Å²) in [6, 6.07) is 7.53. The molecule has 15 heavy (non-hydrogen) atoms. The number of Topliss-reactive ketones (excluding diaryl/α,β-unsaturated/α-hetero) is 1. The van der Waals surface area contributed by atoms with E-state index in [1.807, 2.05) is 24.3 Å². The number of carbonyl (C=O) groups excluding carboxylic acids is 1. The van der Waals surface area contributed by atoms with E-state index in [1.165, 1.54) is 0 Å². The standard InChI is InChI=1S/C11H11IO3/c12-9-3-1-2-8(6-9)10(13)7-11-14-4-5-15-11/h1-3,6,11H,4-5,7H2. The highest BCUT2D eigenvalue weighted by Crippen LogP contribution is 2.14. The van der Waals surface area contributed by atoms with Crippen LogP contribution >= 0.6 is 22.6 Å². The Morgan fingerprint density at radius 3 is 2.80 bits per heavy atom. The number of ketones is 1. The summed E-state index contributed by atoms with van der Waals surface area (Å²) in [6.07, 6.45) is -0.0459. The number of carbonyl (C=O) groups is 1. The zero-order valence-corrected chi connectivity index (χ0v) is 10.3. The largest absolute Gasteiger partial charge is 0.350 e. The molecular weight excluding hydrogens is 307 g/mol. The molecule has 3 nitrogen and oxygen atoms in total. The van der Waals surface area contributed by atoms with Crippen LogP contribution < -0.4 is 0 Å². The van der Waals surface area contributed by atoms with Crippen LogP contribution in [0.4, 0.5) is 0 Å². The molecule has 1 aliphatic heterocycles. The third-order valence-electron chi connectivity index (χ3n) is 2.19. The van der Waals surface area contributed by atoms with Crippen LogP contribution in [0.15, 0.2) is 24.3 Å². The van der Waals surface area contributed by atoms with E-state index in [2.05, 4.69) is 22.6 Å². The van der Waals surface area contributed by atoms with E-state index in [1.54, 1.807) is 0 Å². The topological polar surface area (TPSA) is 35.5 Å². The molecule has 0 aliphatic carbocycles. The van der Waals surface area contributed by atoms with Crippen molar-refractivity contribution >= 4 is 28.4 Å². The fraction of sp³-hybridized carbons (Fsp3) is 0.364. The molecule has 1 heterocycles. The van der Waals surface area contributed by atoms with Gasteiger partial charge in [-0.15, -0.1) is 0 Å². The third kappa shape index (κ3) is 2.99. The number of halogens is 1.